The minimum Gasteiger partial charge on any atom is -0.481 e. The van der Waals surface area contributed by atoms with Crippen LogP contribution in [-0.4, -0.2) is 36.5 Å². The van der Waals surface area contributed by atoms with Crippen LogP contribution in [0.3, 0.4) is 0 Å². The van der Waals surface area contributed by atoms with Crippen molar-refractivity contribution in [2.24, 2.45) is 5.73 Å². The Bertz CT molecular complexity index is 387. The number of carbonyl (C=O) groups excluding carboxylic acids is 1. The molecule has 2 N–H and O–H groups in total. The van der Waals surface area contributed by atoms with E-state index in [2.05, 4.69) is 4.98 Å². The predicted octanol–water partition coefficient (Wildman–Crippen LogP) is 1.21. The second-order valence-corrected chi connectivity index (χ2v) is 4.58. The molecule has 18 heavy (non-hydrogen) atoms. The number of nitrogens with two attached hydrogens (primary N) is 1. The highest BCUT2D eigenvalue weighted by Gasteiger charge is 2.14. The van der Waals surface area contributed by atoms with Gasteiger partial charge in [-0.1, -0.05) is 6.07 Å². The molecule has 0 spiro atoms. The Morgan fingerprint density at radius 1 is 1.61 bits per heavy atom. The third-order valence-corrected chi connectivity index (χ3v) is 3.30. The molecule has 0 fully saturated rings. The van der Waals surface area contributed by atoms with E-state index in [0.29, 0.717) is 24.0 Å². The Balaban J connectivity index is 2.39. The average molecular weight is 270 g/mol. The summed E-state index contributed by atoms with van der Waals surface area (Å²) in [5.74, 6) is 1.46. The van der Waals surface area contributed by atoms with E-state index in [1.165, 1.54) is 0 Å². The molecular formula is C12H18N2O3S. The average Bonchev–Trinajstić information content (AvgIpc) is 2.39. The molecule has 0 aliphatic carbocycles. The first kappa shape index (κ1) is 14.8. The summed E-state index contributed by atoms with van der Waals surface area (Å²) in [5.41, 5.74) is 6.68. The molecule has 0 radical (unpaired) electrons. The van der Waals surface area contributed by atoms with Gasteiger partial charge >= 0.3 is 5.97 Å². The number of carbonyl (C=O) groups is 1. The fourth-order valence-corrected chi connectivity index (χ4v) is 2.28. The molecule has 0 aromatic carbocycles. The molecule has 5 nitrogen and oxygen atoms in total. The first-order valence-corrected chi connectivity index (χ1v) is 6.82. The van der Waals surface area contributed by atoms with Crippen LogP contribution in [0.5, 0.6) is 5.88 Å². The molecule has 1 rings (SSSR count). The predicted molar refractivity (Wildman–Crippen MR) is 71.6 cm³/mol. The molecule has 1 heterocycles. The Morgan fingerprint density at radius 2 is 2.39 bits per heavy atom. The zero-order chi connectivity index (χ0) is 13.4. The lowest BCUT2D eigenvalue weighted by molar-refractivity contribution is -0.144. The minimum atomic E-state index is -0.586. The van der Waals surface area contributed by atoms with Gasteiger partial charge in [0.1, 0.15) is 6.04 Å². The number of pyridine rings is 1. The number of thioether (sulfide) groups is 1. The smallest absolute Gasteiger partial charge is 0.323 e. The first-order valence-electron chi connectivity index (χ1n) is 5.66. The highest BCUT2D eigenvalue weighted by Crippen LogP contribution is 2.20. The third kappa shape index (κ3) is 4.54. The van der Waals surface area contributed by atoms with E-state index in [0.717, 1.165) is 5.56 Å². The Hall–Kier alpha value is -1.27. The van der Waals surface area contributed by atoms with Gasteiger partial charge in [-0.2, -0.15) is 11.8 Å². The van der Waals surface area contributed by atoms with Gasteiger partial charge in [0.05, 0.1) is 13.7 Å². The highest BCUT2D eigenvalue weighted by molar-refractivity contribution is 7.98. The van der Waals surface area contributed by atoms with Gasteiger partial charge in [-0.25, -0.2) is 4.98 Å². The zero-order valence-electron chi connectivity index (χ0n) is 10.6. The SMILES string of the molecule is CCOC(=O)C(N)CSCc1cccnc1OC. The maximum atomic E-state index is 11.3. The first-order chi connectivity index (χ1) is 8.69. The maximum absolute atomic E-state index is 11.3. The van der Waals surface area contributed by atoms with Crippen molar-refractivity contribution in [3.05, 3.63) is 23.9 Å². The largest absolute Gasteiger partial charge is 0.481 e. The summed E-state index contributed by atoms with van der Waals surface area (Å²) < 4.78 is 9.98. The molecule has 0 aliphatic heterocycles. The molecule has 1 aromatic heterocycles. The van der Waals surface area contributed by atoms with Gasteiger partial charge in [0, 0.05) is 23.3 Å². The number of hydrogen-bond donors (Lipinski definition) is 1. The number of ether oxygens (including phenoxy) is 2. The molecule has 0 saturated heterocycles. The molecule has 0 amide bonds. The van der Waals surface area contributed by atoms with Crippen LogP contribution in [0, 0.1) is 0 Å². The van der Waals surface area contributed by atoms with Crippen molar-refractivity contribution in [1.29, 1.82) is 0 Å². The van der Waals surface area contributed by atoms with Gasteiger partial charge in [0.25, 0.3) is 0 Å². The van der Waals surface area contributed by atoms with E-state index in [-0.39, 0.29) is 5.97 Å². The summed E-state index contributed by atoms with van der Waals surface area (Å²) in [6.45, 7) is 2.12. The Morgan fingerprint density at radius 3 is 3.06 bits per heavy atom. The second-order valence-electron chi connectivity index (χ2n) is 3.55. The van der Waals surface area contributed by atoms with Crippen LogP contribution in [-0.2, 0) is 15.3 Å². The van der Waals surface area contributed by atoms with Gasteiger partial charge in [-0.15, -0.1) is 0 Å². The van der Waals surface area contributed by atoms with Crippen molar-refractivity contribution >= 4 is 17.7 Å². The Kier molecular flexibility index (Phi) is 6.53. The molecule has 0 saturated carbocycles. The maximum Gasteiger partial charge on any atom is 0.323 e. The third-order valence-electron chi connectivity index (χ3n) is 2.19. The number of nitrogens with zero attached hydrogens (tertiary/aromatic N) is 1. The number of methoxy groups -OCH3 is 1. The monoisotopic (exact) mass is 270 g/mol. The normalized spacial score (nSPS) is 11.9. The van der Waals surface area contributed by atoms with Crippen molar-refractivity contribution in [2.75, 3.05) is 19.5 Å². The second kappa shape index (κ2) is 7.94. The van der Waals surface area contributed by atoms with Gasteiger partial charge in [-0.05, 0) is 13.0 Å². The lowest BCUT2D eigenvalue weighted by Gasteiger charge is -2.10. The lowest BCUT2D eigenvalue weighted by Crippen LogP contribution is -2.34. The molecule has 0 aliphatic rings. The number of hydrogen-bond acceptors (Lipinski definition) is 6. The molecular weight excluding hydrogens is 252 g/mol. The van der Waals surface area contributed by atoms with Gasteiger partial charge in [0.2, 0.25) is 5.88 Å². The fourth-order valence-electron chi connectivity index (χ4n) is 1.33. The fraction of sp³-hybridized carbons (Fsp3) is 0.500. The van der Waals surface area contributed by atoms with Crippen molar-refractivity contribution in [3.63, 3.8) is 0 Å². The van der Waals surface area contributed by atoms with Crippen LogP contribution in [0.4, 0.5) is 0 Å². The van der Waals surface area contributed by atoms with E-state index in [1.807, 2.05) is 12.1 Å². The molecule has 0 bridgehead atoms. The number of rotatable bonds is 7. The number of aromatic nitrogens is 1. The van der Waals surface area contributed by atoms with Gasteiger partial charge < -0.3 is 15.2 Å². The van der Waals surface area contributed by atoms with Crippen LogP contribution >= 0.6 is 11.8 Å². The van der Waals surface area contributed by atoms with Crippen molar-refractivity contribution < 1.29 is 14.3 Å². The molecule has 1 atom stereocenters. The molecule has 1 aromatic rings. The summed E-state index contributed by atoms with van der Waals surface area (Å²) in [5, 5.41) is 0. The minimum absolute atomic E-state index is 0.355. The summed E-state index contributed by atoms with van der Waals surface area (Å²) in [4.78, 5) is 15.4. The van der Waals surface area contributed by atoms with Gasteiger partial charge in [0.15, 0.2) is 0 Å². The van der Waals surface area contributed by atoms with Crippen molar-refractivity contribution in [3.8, 4) is 5.88 Å². The summed E-state index contributed by atoms with van der Waals surface area (Å²) in [6.07, 6.45) is 1.68. The van der Waals surface area contributed by atoms with Crippen molar-refractivity contribution in [2.45, 2.75) is 18.7 Å². The van der Waals surface area contributed by atoms with Crippen LogP contribution < -0.4 is 10.5 Å². The van der Waals surface area contributed by atoms with E-state index >= 15 is 0 Å². The Labute approximate surface area is 111 Å². The van der Waals surface area contributed by atoms with Crippen LogP contribution in [0.2, 0.25) is 0 Å². The standard InChI is InChI=1S/C12H18N2O3S/c1-3-17-12(15)10(13)8-18-7-9-5-4-6-14-11(9)16-2/h4-6,10H,3,7-8,13H2,1-2H3. The summed E-state index contributed by atoms with van der Waals surface area (Å²) in [7, 11) is 1.58. The molecule has 6 heteroatoms. The topological polar surface area (TPSA) is 74.4 Å². The summed E-state index contributed by atoms with van der Waals surface area (Å²) >= 11 is 1.55. The highest BCUT2D eigenvalue weighted by atomic mass is 32.2. The van der Waals surface area contributed by atoms with Crippen LogP contribution in [0.1, 0.15) is 12.5 Å². The zero-order valence-corrected chi connectivity index (χ0v) is 11.4. The van der Waals surface area contributed by atoms with Gasteiger partial charge in [-0.3, -0.25) is 4.79 Å². The van der Waals surface area contributed by atoms with Crippen LogP contribution in [0.15, 0.2) is 18.3 Å². The van der Waals surface area contributed by atoms with Crippen LogP contribution in [0.25, 0.3) is 0 Å². The van der Waals surface area contributed by atoms with E-state index in [1.54, 1.807) is 32.0 Å². The van der Waals surface area contributed by atoms with E-state index in [9.17, 15) is 4.79 Å². The van der Waals surface area contributed by atoms with E-state index < -0.39 is 6.04 Å². The molecule has 100 valence electrons. The van der Waals surface area contributed by atoms with Crippen molar-refractivity contribution in [1.82, 2.24) is 4.98 Å². The number of esters is 1. The molecule has 1 unspecified atom stereocenters. The quantitative estimate of drug-likeness (QED) is 0.751. The van der Waals surface area contributed by atoms with E-state index in [4.69, 9.17) is 15.2 Å². The summed E-state index contributed by atoms with van der Waals surface area (Å²) in [6, 6.07) is 3.20. The lowest BCUT2D eigenvalue weighted by atomic mass is 10.3.